The van der Waals surface area contributed by atoms with Crippen LogP contribution in [0.1, 0.15) is 68.6 Å². The predicted octanol–water partition coefficient (Wildman–Crippen LogP) is 4.45. The number of thiocarbonyl (C=S) groups is 1. The zero-order chi connectivity index (χ0) is 24.7. The standard InChI is InChI=1S/C25H34N4O3S2/c1-4-5-13-28-22(27-11-8-6-7-9-12-27)19(18(2)20(17-26)23(28)30)16-21-24(31)29(25(33)34-21)14-10-15-32-3/h16H,4-15H2,1-3H3/b21-16+. The van der Waals surface area contributed by atoms with Crippen molar-refractivity contribution in [2.45, 2.75) is 65.3 Å². The molecule has 9 heteroatoms. The van der Waals surface area contributed by atoms with Crippen LogP contribution >= 0.6 is 24.0 Å². The van der Waals surface area contributed by atoms with E-state index in [0.717, 1.165) is 50.2 Å². The molecule has 0 spiro atoms. The number of pyridine rings is 1. The molecule has 0 radical (unpaired) electrons. The first kappa shape index (κ1) is 26.5. The van der Waals surface area contributed by atoms with Crippen molar-refractivity contribution >= 4 is 46.1 Å². The Kier molecular flexibility index (Phi) is 9.74. The molecule has 0 unspecified atom stereocenters. The van der Waals surface area contributed by atoms with E-state index in [4.69, 9.17) is 17.0 Å². The first-order valence-corrected chi connectivity index (χ1v) is 13.3. The zero-order valence-corrected chi connectivity index (χ0v) is 22.0. The van der Waals surface area contributed by atoms with Gasteiger partial charge in [-0.3, -0.25) is 19.1 Å². The smallest absolute Gasteiger partial charge is 0.270 e. The molecule has 0 aliphatic carbocycles. The highest BCUT2D eigenvalue weighted by atomic mass is 32.2. The first-order chi connectivity index (χ1) is 16.4. The van der Waals surface area contributed by atoms with Crippen LogP contribution in [0.15, 0.2) is 9.70 Å². The molecule has 2 aliphatic heterocycles. The van der Waals surface area contributed by atoms with Gasteiger partial charge < -0.3 is 9.64 Å². The number of nitrogens with zero attached hydrogens (tertiary/aromatic N) is 4. The third-order valence-corrected chi connectivity index (χ3v) is 7.74. The maximum absolute atomic E-state index is 13.4. The average Bonchev–Trinajstić information content (AvgIpc) is 3.00. The monoisotopic (exact) mass is 502 g/mol. The van der Waals surface area contributed by atoms with E-state index in [-0.39, 0.29) is 17.0 Å². The van der Waals surface area contributed by atoms with Crippen molar-refractivity contribution in [3.63, 3.8) is 0 Å². The topological polar surface area (TPSA) is 78.6 Å². The average molecular weight is 503 g/mol. The van der Waals surface area contributed by atoms with E-state index in [9.17, 15) is 14.9 Å². The molecule has 2 saturated heterocycles. The van der Waals surface area contributed by atoms with Crippen molar-refractivity contribution in [2.75, 3.05) is 38.3 Å². The Bertz CT molecular complexity index is 1050. The summed E-state index contributed by atoms with van der Waals surface area (Å²) in [4.78, 5) is 31.0. The normalized spacial score (nSPS) is 18.0. The van der Waals surface area contributed by atoms with Crippen LogP contribution in [0, 0.1) is 18.3 Å². The SMILES string of the molecule is CCCCn1c(N2CCCCCC2)c(/C=C2/SC(=S)N(CCCOC)C2=O)c(C)c(C#N)c1=O. The van der Waals surface area contributed by atoms with Crippen molar-refractivity contribution in [3.05, 3.63) is 31.9 Å². The van der Waals surface area contributed by atoms with Crippen molar-refractivity contribution < 1.29 is 9.53 Å². The number of hydrogen-bond acceptors (Lipinski definition) is 7. The van der Waals surface area contributed by atoms with E-state index in [1.165, 1.54) is 24.6 Å². The van der Waals surface area contributed by atoms with Gasteiger partial charge in [0.1, 0.15) is 21.8 Å². The number of anilines is 1. The van der Waals surface area contributed by atoms with Crippen molar-refractivity contribution in [3.8, 4) is 6.07 Å². The number of carbonyl (C=O) groups excluding carboxylic acids is 1. The second kappa shape index (κ2) is 12.5. The van der Waals surface area contributed by atoms with Crippen LogP contribution in [-0.2, 0) is 16.1 Å². The Hall–Kier alpha value is -2.15. The molecular weight excluding hydrogens is 468 g/mol. The number of ether oxygens (including phenoxy) is 1. The molecule has 184 valence electrons. The molecule has 1 aromatic heterocycles. The van der Waals surface area contributed by atoms with Crippen molar-refractivity contribution in [1.29, 1.82) is 5.26 Å². The van der Waals surface area contributed by atoms with Crippen LogP contribution in [-0.4, -0.2) is 53.0 Å². The van der Waals surface area contributed by atoms with E-state index < -0.39 is 0 Å². The van der Waals surface area contributed by atoms with Crippen LogP contribution < -0.4 is 10.5 Å². The lowest BCUT2D eigenvalue weighted by Gasteiger charge is -2.29. The fourth-order valence-electron chi connectivity index (χ4n) is 4.48. The summed E-state index contributed by atoms with van der Waals surface area (Å²) in [5.41, 5.74) is 1.32. The van der Waals surface area contributed by atoms with Gasteiger partial charge in [-0.1, -0.05) is 50.2 Å². The van der Waals surface area contributed by atoms with Crippen LogP contribution in [0.4, 0.5) is 5.82 Å². The lowest BCUT2D eigenvalue weighted by Crippen LogP contribution is -2.35. The quantitative estimate of drug-likeness (QED) is 0.280. The summed E-state index contributed by atoms with van der Waals surface area (Å²) in [6.07, 6.45) is 8.79. The Morgan fingerprint density at radius 2 is 1.85 bits per heavy atom. The number of carbonyl (C=O) groups is 1. The molecule has 3 heterocycles. The molecule has 2 fully saturated rings. The van der Waals surface area contributed by atoms with Gasteiger partial charge in [-0.05, 0) is 44.2 Å². The van der Waals surface area contributed by atoms with Gasteiger partial charge in [-0.15, -0.1) is 0 Å². The Balaban J connectivity index is 2.15. The van der Waals surface area contributed by atoms with Crippen LogP contribution in [0.3, 0.4) is 0 Å². The second-order valence-electron chi connectivity index (χ2n) is 8.74. The van der Waals surface area contributed by atoms with Crippen LogP contribution in [0.2, 0.25) is 0 Å². The molecule has 0 saturated carbocycles. The highest BCUT2D eigenvalue weighted by molar-refractivity contribution is 8.26. The van der Waals surface area contributed by atoms with E-state index >= 15 is 0 Å². The van der Waals surface area contributed by atoms with E-state index in [2.05, 4.69) is 17.9 Å². The highest BCUT2D eigenvalue weighted by Gasteiger charge is 2.33. The minimum Gasteiger partial charge on any atom is -0.385 e. The van der Waals surface area contributed by atoms with Gasteiger partial charge in [0, 0.05) is 45.5 Å². The predicted molar refractivity (Wildman–Crippen MR) is 142 cm³/mol. The number of methoxy groups -OCH3 is 1. The summed E-state index contributed by atoms with van der Waals surface area (Å²) in [6.45, 7) is 7.23. The molecule has 0 aromatic carbocycles. The molecule has 2 aliphatic rings. The van der Waals surface area contributed by atoms with Crippen LogP contribution in [0.25, 0.3) is 6.08 Å². The van der Waals surface area contributed by atoms with Crippen LogP contribution in [0.5, 0.6) is 0 Å². The second-order valence-corrected chi connectivity index (χ2v) is 10.4. The summed E-state index contributed by atoms with van der Waals surface area (Å²) in [5.74, 6) is 0.707. The van der Waals surface area contributed by atoms with Gasteiger partial charge in [0.25, 0.3) is 11.5 Å². The Morgan fingerprint density at radius 1 is 1.15 bits per heavy atom. The molecule has 3 rings (SSSR count). The van der Waals surface area contributed by atoms with Gasteiger partial charge in [-0.25, -0.2) is 0 Å². The number of thioether (sulfide) groups is 1. The van der Waals surface area contributed by atoms with Crippen molar-refractivity contribution in [1.82, 2.24) is 9.47 Å². The van der Waals surface area contributed by atoms with E-state index in [1.54, 1.807) is 16.6 Å². The van der Waals surface area contributed by atoms with Crippen molar-refractivity contribution in [2.24, 2.45) is 0 Å². The van der Waals surface area contributed by atoms with Gasteiger partial charge in [0.05, 0.1) is 4.91 Å². The molecule has 1 aromatic rings. The summed E-state index contributed by atoms with van der Waals surface area (Å²) in [7, 11) is 1.64. The van der Waals surface area contributed by atoms with Gasteiger partial charge in [0.2, 0.25) is 0 Å². The number of nitriles is 1. The highest BCUT2D eigenvalue weighted by Crippen LogP contribution is 2.36. The molecular formula is C25H34N4O3S2. The largest absolute Gasteiger partial charge is 0.385 e. The summed E-state index contributed by atoms with van der Waals surface area (Å²) >= 11 is 6.77. The minimum atomic E-state index is -0.239. The number of amides is 1. The Labute approximate surface area is 211 Å². The minimum absolute atomic E-state index is 0.128. The van der Waals surface area contributed by atoms with E-state index in [0.29, 0.717) is 40.9 Å². The number of rotatable bonds is 9. The lowest BCUT2D eigenvalue weighted by atomic mass is 10.0. The van der Waals surface area contributed by atoms with E-state index in [1.807, 2.05) is 13.0 Å². The summed E-state index contributed by atoms with van der Waals surface area (Å²) < 4.78 is 7.41. The first-order valence-electron chi connectivity index (χ1n) is 12.1. The third kappa shape index (κ3) is 5.73. The molecule has 0 atom stereocenters. The third-order valence-electron chi connectivity index (χ3n) is 6.37. The number of aromatic nitrogens is 1. The zero-order valence-electron chi connectivity index (χ0n) is 20.4. The number of hydrogen-bond donors (Lipinski definition) is 0. The molecule has 34 heavy (non-hydrogen) atoms. The fraction of sp³-hybridized carbons (Fsp3) is 0.600. The molecule has 1 amide bonds. The maximum Gasteiger partial charge on any atom is 0.270 e. The fourth-order valence-corrected chi connectivity index (χ4v) is 5.77. The summed E-state index contributed by atoms with van der Waals surface area (Å²) in [6, 6.07) is 2.13. The molecule has 0 N–H and O–H groups in total. The maximum atomic E-state index is 13.4. The lowest BCUT2D eigenvalue weighted by molar-refractivity contribution is -0.122. The van der Waals surface area contributed by atoms with Gasteiger partial charge in [-0.2, -0.15) is 5.26 Å². The summed E-state index contributed by atoms with van der Waals surface area (Å²) in [5, 5.41) is 9.83. The molecule has 0 bridgehead atoms. The van der Waals surface area contributed by atoms with Gasteiger partial charge in [0.15, 0.2) is 0 Å². The molecule has 7 nitrogen and oxygen atoms in total. The number of unbranched alkanes of at least 4 members (excludes halogenated alkanes) is 1. The Morgan fingerprint density at radius 3 is 2.47 bits per heavy atom. The van der Waals surface area contributed by atoms with Gasteiger partial charge >= 0.3 is 0 Å².